The molecule has 0 radical (unpaired) electrons. The molecule has 0 spiro atoms. The minimum atomic E-state index is -0.407. The third-order valence-corrected chi connectivity index (χ3v) is 3.56. The van der Waals surface area contributed by atoms with Crippen LogP contribution in [0.15, 0.2) is 21.9 Å². The molecule has 7 nitrogen and oxygen atoms in total. The molecule has 1 fully saturated rings. The van der Waals surface area contributed by atoms with Crippen molar-refractivity contribution in [3.8, 4) is 0 Å². The summed E-state index contributed by atoms with van der Waals surface area (Å²) >= 11 is 0. The average molecular weight is 292 g/mol. The lowest BCUT2D eigenvalue weighted by Crippen LogP contribution is -2.50. The number of hydrogen-bond donors (Lipinski definition) is 1. The van der Waals surface area contributed by atoms with Crippen molar-refractivity contribution in [2.75, 3.05) is 19.6 Å². The Kier molecular flexibility index (Phi) is 4.42. The minimum absolute atomic E-state index is 0.126. The molecule has 21 heavy (non-hydrogen) atoms. The standard InChI is InChI=1S/C14H20N4O3/c1-10-8-18(7-6-15-10)12(19)5-4-11-9-16(2)14(21)17(3)13(11)20/h4-5,9-10,15H,6-8H2,1-3H3. The Bertz CT molecular complexity index is 686. The minimum Gasteiger partial charge on any atom is -0.336 e. The van der Waals surface area contributed by atoms with Crippen LogP contribution in [0.25, 0.3) is 6.08 Å². The van der Waals surface area contributed by atoms with E-state index in [4.69, 9.17) is 0 Å². The van der Waals surface area contributed by atoms with Crippen LogP contribution in [0.4, 0.5) is 0 Å². The van der Waals surface area contributed by atoms with E-state index in [1.165, 1.54) is 30.0 Å². The van der Waals surface area contributed by atoms with Gasteiger partial charge in [-0.15, -0.1) is 0 Å². The van der Waals surface area contributed by atoms with E-state index in [0.717, 1.165) is 11.1 Å². The molecule has 1 N–H and O–H groups in total. The summed E-state index contributed by atoms with van der Waals surface area (Å²) < 4.78 is 2.34. The highest BCUT2D eigenvalue weighted by Crippen LogP contribution is 2.01. The zero-order valence-corrected chi connectivity index (χ0v) is 12.5. The van der Waals surface area contributed by atoms with Gasteiger partial charge in [-0.25, -0.2) is 4.79 Å². The summed E-state index contributed by atoms with van der Waals surface area (Å²) in [6, 6.07) is 0.265. The third-order valence-electron chi connectivity index (χ3n) is 3.56. The van der Waals surface area contributed by atoms with Crippen molar-refractivity contribution in [2.24, 2.45) is 14.1 Å². The molecule has 1 amide bonds. The van der Waals surface area contributed by atoms with Crippen LogP contribution < -0.4 is 16.6 Å². The summed E-state index contributed by atoms with van der Waals surface area (Å²) in [5.41, 5.74) is -0.480. The van der Waals surface area contributed by atoms with E-state index in [-0.39, 0.29) is 17.6 Å². The van der Waals surface area contributed by atoms with E-state index in [0.29, 0.717) is 18.7 Å². The fourth-order valence-corrected chi connectivity index (χ4v) is 2.35. The quantitative estimate of drug-likeness (QED) is 0.703. The van der Waals surface area contributed by atoms with Gasteiger partial charge in [0.1, 0.15) is 0 Å². The first-order valence-corrected chi connectivity index (χ1v) is 6.87. The molecule has 1 aliphatic rings. The lowest BCUT2D eigenvalue weighted by atomic mass is 10.2. The maximum atomic E-state index is 12.1. The smallest absolute Gasteiger partial charge is 0.330 e. The first-order valence-electron chi connectivity index (χ1n) is 6.87. The SMILES string of the molecule is CC1CN(C(=O)C=Cc2cn(C)c(=O)n(C)c2=O)CCN1. The second kappa shape index (κ2) is 6.09. The van der Waals surface area contributed by atoms with Gasteiger partial charge in [0, 0.05) is 52.0 Å². The van der Waals surface area contributed by atoms with Crippen molar-refractivity contribution in [3.63, 3.8) is 0 Å². The van der Waals surface area contributed by atoms with Crippen molar-refractivity contribution in [3.05, 3.63) is 38.7 Å². The number of carbonyl (C=O) groups is 1. The van der Waals surface area contributed by atoms with Crippen LogP contribution in [0.5, 0.6) is 0 Å². The molecule has 2 rings (SSSR count). The van der Waals surface area contributed by atoms with E-state index < -0.39 is 5.56 Å². The molecule has 0 saturated carbocycles. The lowest BCUT2D eigenvalue weighted by molar-refractivity contribution is -0.127. The number of aromatic nitrogens is 2. The number of hydrogen-bond acceptors (Lipinski definition) is 4. The van der Waals surface area contributed by atoms with E-state index in [9.17, 15) is 14.4 Å². The molecule has 1 saturated heterocycles. The van der Waals surface area contributed by atoms with Gasteiger partial charge in [0.2, 0.25) is 5.91 Å². The number of rotatable bonds is 2. The van der Waals surface area contributed by atoms with Gasteiger partial charge < -0.3 is 14.8 Å². The van der Waals surface area contributed by atoms with Crippen LogP contribution in [0.1, 0.15) is 12.5 Å². The summed E-state index contributed by atoms with van der Waals surface area (Å²) in [5, 5.41) is 3.26. The summed E-state index contributed by atoms with van der Waals surface area (Å²) in [4.78, 5) is 37.4. The van der Waals surface area contributed by atoms with Crippen LogP contribution in [-0.2, 0) is 18.9 Å². The normalized spacial score (nSPS) is 19.2. The van der Waals surface area contributed by atoms with Gasteiger partial charge in [0.25, 0.3) is 5.56 Å². The molecule has 1 aromatic heterocycles. The molecule has 7 heteroatoms. The maximum absolute atomic E-state index is 12.1. The molecule has 114 valence electrons. The monoisotopic (exact) mass is 292 g/mol. The Morgan fingerprint density at radius 3 is 2.76 bits per heavy atom. The van der Waals surface area contributed by atoms with Gasteiger partial charge >= 0.3 is 5.69 Å². The highest BCUT2D eigenvalue weighted by molar-refractivity contribution is 5.91. The largest absolute Gasteiger partial charge is 0.336 e. The number of piperazine rings is 1. The number of aryl methyl sites for hydroxylation is 1. The van der Waals surface area contributed by atoms with Crippen LogP contribution in [0.3, 0.4) is 0 Å². The number of nitrogens with one attached hydrogen (secondary N) is 1. The number of nitrogens with zero attached hydrogens (tertiary/aromatic N) is 3. The molecular formula is C14H20N4O3. The zero-order chi connectivity index (χ0) is 15.6. The Labute approximate surface area is 122 Å². The molecule has 1 atom stereocenters. The van der Waals surface area contributed by atoms with Gasteiger partial charge in [-0.1, -0.05) is 0 Å². The zero-order valence-electron chi connectivity index (χ0n) is 12.5. The molecule has 0 aromatic carbocycles. The fourth-order valence-electron chi connectivity index (χ4n) is 2.35. The summed E-state index contributed by atoms with van der Waals surface area (Å²) in [5.74, 6) is -0.126. The number of carbonyl (C=O) groups excluding carboxylic acids is 1. The predicted molar refractivity (Wildman–Crippen MR) is 80.0 cm³/mol. The molecule has 0 bridgehead atoms. The third kappa shape index (κ3) is 3.30. The topological polar surface area (TPSA) is 76.3 Å². The van der Waals surface area contributed by atoms with Crippen molar-refractivity contribution in [2.45, 2.75) is 13.0 Å². The van der Waals surface area contributed by atoms with Crippen molar-refractivity contribution >= 4 is 12.0 Å². The second-order valence-corrected chi connectivity index (χ2v) is 5.31. The van der Waals surface area contributed by atoms with Gasteiger partial charge in [-0.2, -0.15) is 0 Å². The Balaban J connectivity index is 2.20. The first-order chi connectivity index (χ1) is 9.90. The lowest BCUT2D eigenvalue weighted by Gasteiger charge is -2.31. The molecule has 0 aliphatic carbocycles. The molecule has 2 heterocycles. The van der Waals surface area contributed by atoms with E-state index in [1.54, 1.807) is 11.9 Å². The van der Waals surface area contributed by atoms with Crippen LogP contribution in [-0.4, -0.2) is 45.6 Å². The van der Waals surface area contributed by atoms with Crippen molar-refractivity contribution in [1.82, 2.24) is 19.4 Å². The highest BCUT2D eigenvalue weighted by Gasteiger charge is 2.18. The van der Waals surface area contributed by atoms with E-state index >= 15 is 0 Å². The van der Waals surface area contributed by atoms with Gasteiger partial charge in [0.05, 0.1) is 5.56 Å². The van der Waals surface area contributed by atoms with Crippen LogP contribution >= 0.6 is 0 Å². The first kappa shape index (κ1) is 15.2. The van der Waals surface area contributed by atoms with E-state index in [1.807, 2.05) is 6.92 Å². The van der Waals surface area contributed by atoms with Crippen molar-refractivity contribution < 1.29 is 4.79 Å². The number of amides is 1. The molecule has 1 aromatic rings. The molecule has 1 aliphatic heterocycles. The predicted octanol–water partition coefficient (Wildman–Crippen LogP) is -1.08. The fraction of sp³-hybridized carbons (Fsp3) is 0.500. The van der Waals surface area contributed by atoms with Crippen LogP contribution in [0, 0.1) is 0 Å². The van der Waals surface area contributed by atoms with Crippen LogP contribution in [0.2, 0.25) is 0 Å². The molecule has 1 unspecified atom stereocenters. The molecular weight excluding hydrogens is 272 g/mol. The summed E-state index contributed by atoms with van der Waals surface area (Å²) in [6.45, 7) is 4.08. The average Bonchev–Trinajstić information content (AvgIpc) is 2.47. The maximum Gasteiger partial charge on any atom is 0.330 e. The van der Waals surface area contributed by atoms with E-state index in [2.05, 4.69) is 5.32 Å². The van der Waals surface area contributed by atoms with Gasteiger partial charge in [-0.05, 0) is 13.0 Å². The summed E-state index contributed by atoms with van der Waals surface area (Å²) in [7, 11) is 2.99. The van der Waals surface area contributed by atoms with Gasteiger partial charge in [-0.3, -0.25) is 14.2 Å². The van der Waals surface area contributed by atoms with Gasteiger partial charge in [0.15, 0.2) is 0 Å². The second-order valence-electron chi connectivity index (χ2n) is 5.31. The summed E-state index contributed by atoms with van der Waals surface area (Å²) in [6.07, 6.45) is 4.30. The highest BCUT2D eigenvalue weighted by atomic mass is 16.2. The Morgan fingerprint density at radius 1 is 1.38 bits per heavy atom. The Morgan fingerprint density at radius 2 is 2.10 bits per heavy atom. The van der Waals surface area contributed by atoms with Crippen molar-refractivity contribution in [1.29, 1.82) is 0 Å². The Hall–Kier alpha value is -2.15.